The summed E-state index contributed by atoms with van der Waals surface area (Å²) < 4.78 is 8.27. The highest BCUT2D eigenvalue weighted by atomic mass is 16.5. The molecule has 0 aliphatic heterocycles. The van der Waals surface area contributed by atoms with Crippen molar-refractivity contribution in [3.8, 4) is 11.4 Å². The fourth-order valence-corrected chi connectivity index (χ4v) is 4.39. The lowest BCUT2D eigenvalue weighted by atomic mass is 10.0. The van der Waals surface area contributed by atoms with Crippen LogP contribution < -0.4 is 26.2 Å². The second-order valence-corrected chi connectivity index (χ2v) is 9.85. The first-order valence-electron chi connectivity index (χ1n) is 13.1. The zero-order valence-electron chi connectivity index (χ0n) is 23.6. The van der Waals surface area contributed by atoms with Crippen molar-refractivity contribution in [1.82, 2.24) is 14.7 Å². The van der Waals surface area contributed by atoms with Crippen molar-refractivity contribution in [2.75, 3.05) is 17.7 Å². The smallest absolute Gasteiger partial charge is 0.295 e. The molecule has 0 bridgehead atoms. The predicted molar refractivity (Wildman–Crippen MR) is 158 cm³/mol. The van der Waals surface area contributed by atoms with Crippen molar-refractivity contribution in [2.24, 2.45) is 13.0 Å². The van der Waals surface area contributed by atoms with E-state index in [1.165, 1.54) is 11.8 Å². The molecule has 3 N–H and O–H groups in total. The molecule has 0 unspecified atom stereocenters. The molecular weight excluding hydrogens is 522 g/mol. The zero-order valence-corrected chi connectivity index (χ0v) is 23.6. The van der Waals surface area contributed by atoms with Crippen LogP contribution in [-0.2, 0) is 11.8 Å². The number of nitrogens with one attached hydrogen (secondary N) is 3. The maximum Gasteiger partial charge on any atom is 0.295 e. The molecule has 0 saturated carbocycles. The van der Waals surface area contributed by atoms with Crippen LogP contribution in [0.3, 0.4) is 0 Å². The third kappa shape index (κ3) is 6.22. The van der Waals surface area contributed by atoms with Crippen molar-refractivity contribution in [2.45, 2.75) is 26.8 Å². The van der Waals surface area contributed by atoms with Gasteiger partial charge in [-0.05, 0) is 61.4 Å². The number of benzene rings is 3. The summed E-state index contributed by atoms with van der Waals surface area (Å²) in [4.78, 5) is 52.9. The summed E-state index contributed by atoms with van der Waals surface area (Å²) in [6.07, 6.45) is 0. The second-order valence-electron chi connectivity index (χ2n) is 9.85. The van der Waals surface area contributed by atoms with E-state index in [1.54, 1.807) is 93.2 Å². The quantitative estimate of drug-likeness (QED) is 0.287. The summed E-state index contributed by atoms with van der Waals surface area (Å²) in [6, 6.07) is 21.3. The summed E-state index contributed by atoms with van der Waals surface area (Å²) in [6.45, 7) is 5.32. The number of carbonyl (C=O) groups is 3. The minimum Gasteiger partial charge on any atom is -0.497 e. The van der Waals surface area contributed by atoms with Gasteiger partial charge in [0, 0.05) is 12.6 Å². The molecule has 0 aliphatic carbocycles. The molecule has 0 radical (unpaired) electrons. The minimum atomic E-state index is -0.961. The second kappa shape index (κ2) is 12.4. The summed E-state index contributed by atoms with van der Waals surface area (Å²) in [5.74, 6) is -1.17. The van der Waals surface area contributed by atoms with Gasteiger partial charge in [-0.3, -0.25) is 23.9 Å². The van der Waals surface area contributed by atoms with Crippen LogP contribution in [0.25, 0.3) is 5.69 Å². The van der Waals surface area contributed by atoms with Crippen LogP contribution in [0.4, 0.5) is 11.4 Å². The zero-order chi connectivity index (χ0) is 29.7. The molecule has 212 valence electrons. The third-order valence-electron chi connectivity index (χ3n) is 6.81. The molecule has 3 aromatic carbocycles. The Bertz CT molecular complexity index is 1620. The van der Waals surface area contributed by atoms with Crippen molar-refractivity contribution < 1.29 is 19.1 Å². The van der Waals surface area contributed by atoms with E-state index in [1.807, 2.05) is 18.2 Å². The number of aromatic nitrogens is 2. The monoisotopic (exact) mass is 555 g/mol. The van der Waals surface area contributed by atoms with Crippen LogP contribution in [0.2, 0.25) is 0 Å². The minimum absolute atomic E-state index is 0.133. The number of hydrogen-bond donors (Lipinski definition) is 3. The number of nitrogens with zero attached hydrogens (tertiary/aromatic N) is 2. The van der Waals surface area contributed by atoms with E-state index in [0.29, 0.717) is 28.4 Å². The first-order valence-corrected chi connectivity index (χ1v) is 13.1. The van der Waals surface area contributed by atoms with Gasteiger partial charge in [-0.15, -0.1) is 0 Å². The lowest BCUT2D eigenvalue weighted by Gasteiger charge is -2.22. The van der Waals surface area contributed by atoms with E-state index < -0.39 is 23.8 Å². The van der Waals surface area contributed by atoms with E-state index in [0.717, 1.165) is 0 Å². The predicted octanol–water partition coefficient (Wildman–Crippen LogP) is 4.14. The Morgan fingerprint density at radius 1 is 0.829 bits per heavy atom. The van der Waals surface area contributed by atoms with Crippen LogP contribution in [0, 0.1) is 12.8 Å². The highest BCUT2D eigenvalue weighted by Crippen LogP contribution is 2.20. The number of methoxy groups -OCH3 is 1. The van der Waals surface area contributed by atoms with Crippen molar-refractivity contribution in [1.29, 1.82) is 0 Å². The topological polar surface area (TPSA) is 123 Å². The van der Waals surface area contributed by atoms with Crippen LogP contribution in [0.5, 0.6) is 5.75 Å². The van der Waals surface area contributed by atoms with E-state index >= 15 is 0 Å². The fraction of sp³-hybridized carbons (Fsp3) is 0.226. The van der Waals surface area contributed by atoms with Crippen molar-refractivity contribution in [3.05, 3.63) is 106 Å². The van der Waals surface area contributed by atoms with Gasteiger partial charge < -0.3 is 20.7 Å². The molecule has 0 fully saturated rings. The van der Waals surface area contributed by atoms with E-state index in [2.05, 4.69) is 16.0 Å². The molecule has 3 amide bonds. The first kappa shape index (κ1) is 28.9. The van der Waals surface area contributed by atoms with Gasteiger partial charge in [-0.1, -0.05) is 44.2 Å². The van der Waals surface area contributed by atoms with Gasteiger partial charge in [0.2, 0.25) is 5.91 Å². The molecule has 0 spiro atoms. The third-order valence-corrected chi connectivity index (χ3v) is 6.81. The van der Waals surface area contributed by atoms with Gasteiger partial charge in [0.1, 0.15) is 17.5 Å². The Kier molecular flexibility index (Phi) is 8.72. The summed E-state index contributed by atoms with van der Waals surface area (Å²) in [7, 11) is 3.27. The molecule has 0 saturated heterocycles. The molecule has 1 heterocycles. The van der Waals surface area contributed by atoms with Crippen molar-refractivity contribution >= 4 is 29.1 Å². The van der Waals surface area contributed by atoms with Crippen LogP contribution in [0.1, 0.15) is 40.3 Å². The largest absolute Gasteiger partial charge is 0.497 e. The highest BCUT2D eigenvalue weighted by molar-refractivity contribution is 6.10. The average Bonchev–Trinajstić information content (AvgIpc) is 3.18. The molecule has 1 aromatic heterocycles. The SMILES string of the molecule is COc1ccc(C(=O)Nc2ccccc2C(=O)N[C@H](C(=O)Nc2c(C)n(C)n(-c3ccccc3)c2=O)C(C)C)cc1. The van der Waals surface area contributed by atoms with E-state index in [9.17, 15) is 19.2 Å². The Morgan fingerprint density at radius 3 is 2.10 bits per heavy atom. The number of carbonyl (C=O) groups excluding carboxylic acids is 3. The van der Waals surface area contributed by atoms with Crippen molar-refractivity contribution in [3.63, 3.8) is 0 Å². The Morgan fingerprint density at radius 2 is 1.46 bits per heavy atom. The molecule has 1 atom stereocenters. The average molecular weight is 556 g/mol. The van der Waals surface area contributed by atoms with Gasteiger partial charge in [-0.2, -0.15) is 0 Å². The van der Waals surface area contributed by atoms with E-state index in [-0.39, 0.29) is 22.7 Å². The summed E-state index contributed by atoms with van der Waals surface area (Å²) >= 11 is 0. The van der Waals surface area contributed by atoms with Crippen LogP contribution >= 0.6 is 0 Å². The van der Waals surface area contributed by atoms with Crippen LogP contribution in [-0.4, -0.2) is 40.2 Å². The Labute approximate surface area is 237 Å². The van der Waals surface area contributed by atoms with Gasteiger partial charge in [0.25, 0.3) is 17.4 Å². The van der Waals surface area contributed by atoms with Gasteiger partial charge in [0.15, 0.2) is 0 Å². The van der Waals surface area contributed by atoms with Crippen LogP contribution in [0.15, 0.2) is 83.7 Å². The van der Waals surface area contributed by atoms with Gasteiger partial charge in [-0.25, -0.2) is 4.68 Å². The Hall–Kier alpha value is -5.12. The number of hydrogen-bond acceptors (Lipinski definition) is 5. The molecule has 0 aliphatic rings. The molecule has 10 heteroatoms. The number of para-hydroxylation sites is 2. The maximum atomic E-state index is 13.4. The molecule has 4 aromatic rings. The number of ether oxygens (including phenoxy) is 1. The molecule has 10 nitrogen and oxygen atoms in total. The van der Waals surface area contributed by atoms with Gasteiger partial charge in [0.05, 0.1) is 29.7 Å². The molecular formula is C31H33N5O5. The Balaban J connectivity index is 1.54. The summed E-state index contributed by atoms with van der Waals surface area (Å²) in [5, 5.41) is 8.28. The maximum absolute atomic E-state index is 13.4. The summed E-state index contributed by atoms with van der Waals surface area (Å²) in [5.41, 5.74) is 1.84. The standard InChI is InChI=1S/C31H33N5O5/c1-19(2)26(30(39)34-27-20(3)35(4)36(31(27)40)22-11-7-6-8-12-22)33-29(38)24-13-9-10-14-25(24)32-28(37)21-15-17-23(41-5)18-16-21/h6-19,26H,1-5H3,(H,32,37)(H,33,38)(H,34,39)/t26-/m0/s1. The lowest BCUT2D eigenvalue weighted by molar-refractivity contribution is -0.118. The fourth-order valence-electron chi connectivity index (χ4n) is 4.39. The normalized spacial score (nSPS) is 11.6. The van der Waals surface area contributed by atoms with Gasteiger partial charge >= 0.3 is 0 Å². The van der Waals surface area contributed by atoms with E-state index in [4.69, 9.17) is 4.74 Å². The number of rotatable bonds is 9. The lowest BCUT2D eigenvalue weighted by Crippen LogP contribution is -2.47. The first-order chi connectivity index (χ1) is 19.6. The molecule has 4 rings (SSSR count). The number of anilines is 2. The molecule has 41 heavy (non-hydrogen) atoms. The highest BCUT2D eigenvalue weighted by Gasteiger charge is 2.28. The number of amides is 3.